The predicted octanol–water partition coefficient (Wildman–Crippen LogP) is 1.75. The molecule has 3 N–H and O–H groups in total. The van der Waals surface area contributed by atoms with E-state index in [-0.39, 0.29) is 0 Å². The lowest BCUT2D eigenvalue weighted by atomic mass is 10.5. The Hall–Kier alpha value is 0.0169. The van der Waals surface area contributed by atoms with Gasteiger partial charge in [-0.1, -0.05) is 20.8 Å². The molecule has 0 aliphatic carbocycles. The van der Waals surface area contributed by atoms with Crippen molar-refractivity contribution < 1.29 is 13.3 Å². The summed E-state index contributed by atoms with van der Waals surface area (Å²) in [5, 5.41) is 3.29. The van der Waals surface area contributed by atoms with E-state index in [1.807, 2.05) is 0 Å². The molecule has 19 heavy (non-hydrogen) atoms. The Morgan fingerprint density at radius 3 is 1.68 bits per heavy atom. The van der Waals surface area contributed by atoms with Crippen LogP contribution in [0.3, 0.4) is 0 Å². The van der Waals surface area contributed by atoms with Crippen LogP contribution in [0.25, 0.3) is 0 Å². The second kappa shape index (κ2) is 13.0. The van der Waals surface area contributed by atoms with Gasteiger partial charge in [-0.15, -0.1) is 0 Å². The van der Waals surface area contributed by atoms with Gasteiger partial charge in [-0.2, -0.15) is 0 Å². The van der Waals surface area contributed by atoms with Crippen molar-refractivity contribution in [3.05, 3.63) is 0 Å². The average Bonchev–Trinajstić information content (AvgIpc) is 2.44. The normalized spacial score (nSPS) is 12.0. The van der Waals surface area contributed by atoms with Crippen LogP contribution in [0.15, 0.2) is 0 Å². The van der Waals surface area contributed by atoms with E-state index in [0.717, 1.165) is 38.4 Å². The van der Waals surface area contributed by atoms with Crippen LogP contribution < -0.4 is 11.1 Å². The molecule has 0 aliphatic rings. The number of hydrogen-bond donors (Lipinski definition) is 2. The summed E-state index contributed by atoms with van der Waals surface area (Å²) in [6, 6.07) is 0.812. The van der Waals surface area contributed by atoms with E-state index in [1.54, 1.807) is 0 Å². The van der Waals surface area contributed by atoms with Crippen molar-refractivity contribution in [2.45, 2.75) is 46.1 Å². The lowest BCUT2D eigenvalue weighted by Crippen LogP contribution is -2.48. The average molecular weight is 292 g/mol. The Morgan fingerprint density at radius 1 is 0.842 bits per heavy atom. The lowest BCUT2D eigenvalue weighted by Gasteiger charge is -2.29. The standard InChI is InChI=1S/C13H32N2O3Si/c1-4-10-16-19(17-11-5-2,18-12-6-3)13-9-15-8-7-14/h15H,4-14H2,1-3H3. The van der Waals surface area contributed by atoms with Crippen LogP contribution in [-0.4, -0.2) is 48.3 Å². The van der Waals surface area contributed by atoms with Crippen molar-refractivity contribution in [3.63, 3.8) is 0 Å². The van der Waals surface area contributed by atoms with Crippen LogP contribution >= 0.6 is 0 Å². The second-order valence-corrected chi connectivity index (χ2v) is 7.25. The Balaban J connectivity index is 4.38. The van der Waals surface area contributed by atoms with Gasteiger partial charge in [0.25, 0.3) is 0 Å². The van der Waals surface area contributed by atoms with E-state index < -0.39 is 8.80 Å². The molecular formula is C13H32N2O3Si. The van der Waals surface area contributed by atoms with E-state index >= 15 is 0 Å². The number of rotatable bonds is 14. The zero-order chi connectivity index (χ0) is 14.4. The van der Waals surface area contributed by atoms with Crippen LogP contribution in [0, 0.1) is 0 Å². The van der Waals surface area contributed by atoms with Crippen molar-refractivity contribution in [2.24, 2.45) is 5.73 Å². The smallest absolute Gasteiger partial charge is 0.373 e. The largest absolute Gasteiger partial charge is 0.502 e. The molecule has 0 atom stereocenters. The Labute approximate surface area is 119 Å². The SMILES string of the molecule is CCCO[Si](CCNCCN)(OCCC)OCCC. The highest BCUT2D eigenvalue weighted by molar-refractivity contribution is 6.60. The Bertz CT molecular complexity index is 175. The molecule has 0 aromatic carbocycles. The fourth-order valence-corrected chi connectivity index (χ4v) is 4.29. The van der Waals surface area contributed by atoms with Crippen LogP contribution in [0.4, 0.5) is 0 Å². The molecule has 0 saturated heterocycles. The summed E-state index contributed by atoms with van der Waals surface area (Å²) in [4.78, 5) is 0. The predicted molar refractivity (Wildman–Crippen MR) is 81.2 cm³/mol. The van der Waals surface area contributed by atoms with Gasteiger partial charge in [0.1, 0.15) is 0 Å². The van der Waals surface area contributed by atoms with Crippen molar-refractivity contribution in [1.29, 1.82) is 0 Å². The molecule has 0 aromatic rings. The van der Waals surface area contributed by atoms with Crippen LogP contribution in [0.2, 0.25) is 6.04 Å². The van der Waals surface area contributed by atoms with Crippen molar-refractivity contribution in [1.82, 2.24) is 5.32 Å². The molecular weight excluding hydrogens is 260 g/mol. The summed E-state index contributed by atoms with van der Waals surface area (Å²) >= 11 is 0. The van der Waals surface area contributed by atoms with Crippen molar-refractivity contribution in [3.8, 4) is 0 Å². The maximum atomic E-state index is 5.99. The molecule has 0 aromatic heterocycles. The molecule has 116 valence electrons. The summed E-state index contributed by atoms with van der Waals surface area (Å²) in [5.41, 5.74) is 5.47. The third kappa shape index (κ3) is 9.54. The van der Waals surface area contributed by atoms with E-state index in [1.165, 1.54) is 0 Å². The first kappa shape index (κ1) is 19.0. The highest BCUT2D eigenvalue weighted by Gasteiger charge is 2.40. The number of nitrogens with one attached hydrogen (secondary N) is 1. The molecule has 6 heteroatoms. The number of nitrogens with two attached hydrogens (primary N) is 1. The van der Waals surface area contributed by atoms with Gasteiger partial charge >= 0.3 is 8.80 Å². The third-order valence-corrected chi connectivity index (χ3v) is 5.30. The van der Waals surface area contributed by atoms with Crippen molar-refractivity contribution in [2.75, 3.05) is 39.5 Å². The minimum absolute atomic E-state index is 0.649. The van der Waals surface area contributed by atoms with Gasteiger partial charge in [0.2, 0.25) is 0 Å². The Morgan fingerprint density at radius 2 is 1.32 bits per heavy atom. The van der Waals surface area contributed by atoms with E-state index in [0.29, 0.717) is 26.4 Å². The molecule has 0 unspecified atom stereocenters. The highest BCUT2D eigenvalue weighted by atomic mass is 28.4. The molecule has 0 spiro atoms. The highest BCUT2D eigenvalue weighted by Crippen LogP contribution is 2.16. The zero-order valence-electron chi connectivity index (χ0n) is 12.9. The third-order valence-electron chi connectivity index (χ3n) is 2.51. The van der Waals surface area contributed by atoms with Gasteiger partial charge in [-0.25, -0.2) is 0 Å². The quantitative estimate of drug-likeness (QED) is 0.377. The van der Waals surface area contributed by atoms with Gasteiger partial charge in [-0.05, 0) is 25.8 Å². The molecule has 0 aliphatic heterocycles. The monoisotopic (exact) mass is 292 g/mol. The molecule has 0 bridgehead atoms. The van der Waals surface area contributed by atoms with Gasteiger partial charge in [0.05, 0.1) is 0 Å². The summed E-state index contributed by atoms with van der Waals surface area (Å²) in [7, 11) is -2.51. The molecule has 0 rings (SSSR count). The summed E-state index contributed by atoms with van der Waals surface area (Å²) in [5.74, 6) is 0. The van der Waals surface area contributed by atoms with Crippen LogP contribution in [0.1, 0.15) is 40.0 Å². The maximum absolute atomic E-state index is 5.99. The van der Waals surface area contributed by atoms with E-state index in [4.69, 9.17) is 19.0 Å². The molecule has 0 radical (unpaired) electrons. The molecule has 0 saturated carbocycles. The van der Waals surface area contributed by atoms with E-state index in [9.17, 15) is 0 Å². The molecule has 5 nitrogen and oxygen atoms in total. The van der Waals surface area contributed by atoms with Crippen molar-refractivity contribution >= 4 is 8.80 Å². The fourth-order valence-electron chi connectivity index (χ4n) is 1.58. The van der Waals surface area contributed by atoms with Gasteiger partial charge in [0, 0.05) is 39.0 Å². The zero-order valence-corrected chi connectivity index (χ0v) is 13.9. The summed E-state index contributed by atoms with van der Waals surface area (Å²) < 4.78 is 18.0. The maximum Gasteiger partial charge on any atom is 0.502 e. The lowest BCUT2D eigenvalue weighted by molar-refractivity contribution is 0.0593. The van der Waals surface area contributed by atoms with Gasteiger partial charge in [-0.3, -0.25) is 0 Å². The summed E-state index contributed by atoms with van der Waals surface area (Å²) in [6.07, 6.45) is 2.95. The topological polar surface area (TPSA) is 65.7 Å². The first-order valence-electron chi connectivity index (χ1n) is 7.57. The number of hydrogen-bond acceptors (Lipinski definition) is 5. The van der Waals surface area contributed by atoms with Crippen LogP contribution in [0.5, 0.6) is 0 Å². The van der Waals surface area contributed by atoms with Gasteiger partial charge in [0.15, 0.2) is 0 Å². The van der Waals surface area contributed by atoms with Crippen LogP contribution in [-0.2, 0) is 13.3 Å². The molecule has 0 heterocycles. The summed E-state index contributed by atoms with van der Waals surface area (Å²) in [6.45, 7) is 10.7. The first-order valence-corrected chi connectivity index (χ1v) is 9.50. The Kier molecular flexibility index (Phi) is 13.0. The molecule has 0 amide bonds. The van der Waals surface area contributed by atoms with E-state index in [2.05, 4.69) is 26.1 Å². The fraction of sp³-hybridized carbons (Fsp3) is 1.00. The minimum Gasteiger partial charge on any atom is -0.373 e. The first-order chi connectivity index (χ1) is 9.24. The van der Waals surface area contributed by atoms with Gasteiger partial charge < -0.3 is 24.3 Å². The second-order valence-electron chi connectivity index (χ2n) is 4.52. The molecule has 0 fully saturated rings. The minimum atomic E-state index is -2.51.